The molecule has 2 aromatic heterocycles. The van der Waals surface area contributed by atoms with Crippen molar-refractivity contribution in [2.75, 3.05) is 0 Å². The third kappa shape index (κ3) is 4.35. The number of non-ortho nitro benzene ring substituents is 1. The predicted octanol–water partition coefficient (Wildman–Crippen LogP) is 4.78. The average molecular weight is 381 g/mol. The van der Waals surface area contributed by atoms with Crippen molar-refractivity contribution in [2.24, 2.45) is 10.1 Å². The topological polar surface area (TPSA) is 85.7 Å². The third-order valence-electron chi connectivity index (χ3n) is 3.99. The van der Waals surface area contributed by atoms with Gasteiger partial charge >= 0.3 is 0 Å². The molecule has 0 aliphatic carbocycles. The molecule has 0 unspecified atom stereocenters. The first kappa shape index (κ1) is 18.7. The molecular weight excluding hydrogens is 362 g/mol. The molecule has 0 aliphatic heterocycles. The van der Waals surface area contributed by atoms with Crippen LogP contribution >= 0.6 is 11.3 Å². The van der Waals surface area contributed by atoms with Gasteiger partial charge in [-0.3, -0.25) is 15.1 Å². The summed E-state index contributed by atoms with van der Waals surface area (Å²) < 4.78 is 1.81. The Labute approximate surface area is 160 Å². The number of benzene rings is 1. The molecule has 0 fully saturated rings. The van der Waals surface area contributed by atoms with Gasteiger partial charge in [-0.1, -0.05) is 13.8 Å². The molecule has 0 N–H and O–H groups in total. The maximum absolute atomic E-state index is 10.9. The fourth-order valence-corrected chi connectivity index (χ4v) is 3.34. The van der Waals surface area contributed by atoms with Crippen LogP contribution in [-0.4, -0.2) is 20.3 Å². The maximum Gasteiger partial charge on any atom is 0.269 e. The van der Waals surface area contributed by atoms with Gasteiger partial charge in [-0.25, -0.2) is 9.67 Å². The lowest BCUT2D eigenvalue weighted by atomic mass is 10.1. The molecule has 0 atom stereocenters. The normalized spacial score (nSPS) is 11.4. The Morgan fingerprint density at radius 2 is 1.96 bits per heavy atom. The molecule has 27 heavy (non-hydrogen) atoms. The summed E-state index contributed by atoms with van der Waals surface area (Å²) in [5.41, 5.74) is 3.54. The van der Waals surface area contributed by atoms with Gasteiger partial charge in [-0.2, -0.15) is 5.10 Å². The molecule has 0 aliphatic rings. The summed E-state index contributed by atoms with van der Waals surface area (Å²) in [5, 5.41) is 17.6. The fourth-order valence-electron chi connectivity index (χ4n) is 2.49. The van der Waals surface area contributed by atoms with Crippen LogP contribution in [0.4, 0.5) is 11.4 Å². The van der Waals surface area contributed by atoms with E-state index < -0.39 is 4.92 Å². The number of rotatable bonds is 6. The Morgan fingerprint density at radius 3 is 2.56 bits per heavy atom. The van der Waals surface area contributed by atoms with Crippen molar-refractivity contribution in [1.29, 1.82) is 0 Å². The number of nitro benzene ring substituents is 1. The highest BCUT2D eigenvalue weighted by atomic mass is 32.1. The molecule has 0 saturated heterocycles. The zero-order valence-corrected chi connectivity index (χ0v) is 15.9. The van der Waals surface area contributed by atoms with Gasteiger partial charge < -0.3 is 0 Å². The second-order valence-corrected chi connectivity index (χ2v) is 6.55. The highest BCUT2D eigenvalue weighted by Crippen LogP contribution is 2.23. The first-order valence-corrected chi connectivity index (χ1v) is 9.47. The quantitative estimate of drug-likeness (QED) is 0.350. The first-order valence-electron chi connectivity index (χ1n) is 8.59. The zero-order chi connectivity index (χ0) is 19.2. The highest BCUT2D eigenvalue weighted by molar-refractivity contribution is 7.07. The second-order valence-electron chi connectivity index (χ2n) is 5.72. The molecule has 1 aromatic carbocycles. The summed E-state index contributed by atoms with van der Waals surface area (Å²) in [5.74, 6) is 0. The highest BCUT2D eigenvalue weighted by Gasteiger charge is 2.11. The Bertz CT molecular complexity index is 1010. The van der Waals surface area contributed by atoms with Gasteiger partial charge in [0, 0.05) is 35.0 Å². The van der Waals surface area contributed by atoms with E-state index in [1.807, 2.05) is 17.5 Å². The molecule has 0 radical (unpaired) electrons. The molecule has 3 rings (SSSR count). The van der Waals surface area contributed by atoms with Crippen molar-refractivity contribution < 1.29 is 4.92 Å². The van der Waals surface area contributed by atoms with Gasteiger partial charge in [-0.05, 0) is 37.1 Å². The van der Waals surface area contributed by atoms with Crippen LogP contribution in [0.25, 0.3) is 11.3 Å². The van der Waals surface area contributed by atoms with E-state index in [2.05, 4.69) is 23.8 Å². The second kappa shape index (κ2) is 8.50. The van der Waals surface area contributed by atoms with Crippen LogP contribution in [0.2, 0.25) is 0 Å². The molecule has 2 heterocycles. The van der Waals surface area contributed by atoms with Gasteiger partial charge in [0.1, 0.15) is 0 Å². The number of aromatic nitrogens is 2. The Hall–Kier alpha value is -3.13. The van der Waals surface area contributed by atoms with Crippen molar-refractivity contribution in [1.82, 2.24) is 9.66 Å². The van der Waals surface area contributed by atoms with E-state index in [-0.39, 0.29) is 5.69 Å². The lowest BCUT2D eigenvalue weighted by Gasteiger charge is -2.06. The van der Waals surface area contributed by atoms with E-state index in [4.69, 9.17) is 5.10 Å². The molecule has 3 aromatic rings. The zero-order valence-electron chi connectivity index (χ0n) is 15.1. The Kier molecular flexibility index (Phi) is 5.87. The smallest absolute Gasteiger partial charge is 0.262 e. The molecule has 0 bridgehead atoms. The lowest BCUT2D eigenvalue weighted by molar-refractivity contribution is -0.384. The lowest BCUT2D eigenvalue weighted by Crippen LogP contribution is -2.13. The van der Waals surface area contributed by atoms with Gasteiger partial charge in [0.05, 0.1) is 22.5 Å². The molecule has 7 nitrogen and oxygen atoms in total. The number of thiazole rings is 1. The van der Waals surface area contributed by atoms with Crippen LogP contribution in [0.15, 0.2) is 64.3 Å². The molecule has 0 amide bonds. The minimum absolute atomic E-state index is 0.0621. The summed E-state index contributed by atoms with van der Waals surface area (Å²) >= 11 is 1.47. The minimum Gasteiger partial charge on any atom is -0.262 e. The van der Waals surface area contributed by atoms with E-state index in [0.717, 1.165) is 40.3 Å². The molecule has 8 heteroatoms. The van der Waals surface area contributed by atoms with Gasteiger partial charge in [-0.15, -0.1) is 11.3 Å². The summed E-state index contributed by atoms with van der Waals surface area (Å²) in [6.45, 7) is 4.14. The molecular formula is C19H19N5O2S. The number of pyridine rings is 1. The first-order chi connectivity index (χ1) is 13.1. The van der Waals surface area contributed by atoms with E-state index in [0.29, 0.717) is 0 Å². The standard InChI is InChI=1S/C19H19N5O2S/c1-3-15(4-2)22-23-18(14-7-9-17(10-8-14)24(25)26)13-27-19(23)21-16-6-5-11-20-12-16/h5-13H,3-4H2,1-2H3. The van der Waals surface area contributed by atoms with E-state index >= 15 is 0 Å². The van der Waals surface area contributed by atoms with Crippen molar-refractivity contribution in [3.8, 4) is 11.3 Å². The van der Waals surface area contributed by atoms with Crippen molar-refractivity contribution in [2.45, 2.75) is 26.7 Å². The summed E-state index contributed by atoms with van der Waals surface area (Å²) in [6.07, 6.45) is 5.07. The van der Waals surface area contributed by atoms with E-state index in [1.54, 1.807) is 29.2 Å². The van der Waals surface area contributed by atoms with Crippen LogP contribution in [-0.2, 0) is 0 Å². The molecule has 0 spiro atoms. The summed E-state index contributed by atoms with van der Waals surface area (Å²) in [4.78, 5) is 20.0. The van der Waals surface area contributed by atoms with Crippen LogP contribution < -0.4 is 4.80 Å². The predicted molar refractivity (Wildman–Crippen MR) is 107 cm³/mol. The van der Waals surface area contributed by atoms with Crippen LogP contribution in [0.3, 0.4) is 0 Å². The van der Waals surface area contributed by atoms with Crippen molar-refractivity contribution in [3.05, 3.63) is 69.1 Å². The number of nitrogens with zero attached hydrogens (tertiary/aromatic N) is 5. The SMILES string of the molecule is CCC(CC)=Nn1c(-c2ccc([N+](=O)[O-])cc2)csc1=Nc1cccnc1. The fraction of sp³-hybridized carbons (Fsp3) is 0.211. The van der Waals surface area contributed by atoms with E-state index in [9.17, 15) is 10.1 Å². The summed E-state index contributed by atoms with van der Waals surface area (Å²) in [6, 6.07) is 10.2. The Balaban J connectivity index is 2.15. The van der Waals surface area contributed by atoms with Gasteiger partial charge in [0.25, 0.3) is 5.69 Å². The number of nitro groups is 1. The van der Waals surface area contributed by atoms with Crippen LogP contribution in [0, 0.1) is 10.1 Å². The van der Waals surface area contributed by atoms with Crippen molar-refractivity contribution >= 4 is 28.4 Å². The molecule has 138 valence electrons. The maximum atomic E-state index is 10.9. The Morgan fingerprint density at radius 1 is 1.22 bits per heavy atom. The van der Waals surface area contributed by atoms with E-state index in [1.165, 1.54) is 23.5 Å². The monoisotopic (exact) mass is 381 g/mol. The number of hydrogen-bond donors (Lipinski definition) is 0. The molecule has 0 saturated carbocycles. The number of hydrogen-bond acceptors (Lipinski definition) is 6. The van der Waals surface area contributed by atoms with Gasteiger partial charge in [0.2, 0.25) is 4.80 Å². The van der Waals surface area contributed by atoms with Crippen LogP contribution in [0.1, 0.15) is 26.7 Å². The van der Waals surface area contributed by atoms with Gasteiger partial charge in [0.15, 0.2) is 0 Å². The van der Waals surface area contributed by atoms with Crippen LogP contribution in [0.5, 0.6) is 0 Å². The average Bonchev–Trinajstić information content (AvgIpc) is 3.09. The third-order valence-corrected chi connectivity index (χ3v) is 4.80. The minimum atomic E-state index is -0.404. The van der Waals surface area contributed by atoms with Crippen molar-refractivity contribution in [3.63, 3.8) is 0 Å². The summed E-state index contributed by atoms with van der Waals surface area (Å²) in [7, 11) is 0. The largest absolute Gasteiger partial charge is 0.269 e.